The molecule has 0 aliphatic heterocycles. The van der Waals surface area contributed by atoms with Crippen molar-refractivity contribution in [3.05, 3.63) is 58.9 Å². The van der Waals surface area contributed by atoms with Crippen molar-refractivity contribution in [1.29, 1.82) is 0 Å². The molecule has 0 N–H and O–H groups in total. The lowest BCUT2D eigenvalue weighted by Crippen LogP contribution is -2.13. The molecule has 0 atom stereocenters. The molecule has 5 heteroatoms. The molecule has 0 radical (unpaired) electrons. The number of ketones is 1. The van der Waals surface area contributed by atoms with Gasteiger partial charge in [0.15, 0.2) is 6.61 Å². The van der Waals surface area contributed by atoms with Crippen LogP contribution in [0.4, 0.5) is 4.39 Å². The van der Waals surface area contributed by atoms with E-state index in [1.807, 2.05) is 6.92 Å². The van der Waals surface area contributed by atoms with Crippen molar-refractivity contribution in [3.63, 3.8) is 0 Å². The highest BCUT2D eigenvalue weighted by Crippen LogP contribution is 2.25. The molecule has 0 spiro atoms. The predicted octanol–water partition coefficient (Wildman–Crippen LogP) is 4.14. The summed E-state index contributed by atoms with van der Waals surface area (Å²) < 4.78 is 23.7. The molecule has 110 valence electrons. The van der Waals surface area contributed by atoms with E-state index in [1.165, 1.54) is 12.1 Å². The highest BCUT2D eigenvalue weighted by Gasteiger charge is 2.13. The van der Waals surface area contributed by atoms with E-state index in [1.54, 1.807) is 24.3 Å². The summed E-state index contributed by atoms with van der Waals surface area (Å²) in [6.07, 6.45) is 0. The number of Topliss-reactive ketones (excluding diaryl/α,β-unsaturated/α-hetero) is 1. The van der Waals surface area contributed by atoms with Crippen molar-refractivity contribution in [1.82, 2.24) is 0 Å². The first kappa shape index (κ1) is 15.3. The van der Waals surface area contributed by atoms with E-state index in [4.69, 9.17) is 21.1 Å². The Morgan fingerprint density at radius 1 is 1.14 bits per heavy atom. The third-order valence-corrected chi connectivity index (χ3v) is 3.04. The Kier molecular flexibility index (Phi) is 5.17. The van der Waals surface area contributed by atoms with Crippen molar-refractivity contribution in [2.24, 2.45) is 0 Å². The van der Waals surface area contributed by atoms with Gasteiger partial charge >= 0.3 is 0 Å². The van der Waals surface area contributed by atoms with Crippen molar-refractivity contribution in [3.8, 4) is 11.5 Å². The molecule has 0 aromatic heterocycles. The molecular weight excluding hydrogens is 295 g/mol. The maximum Gasteiger partial charge on any atom is 0.203 e. The van der Waals surface area contributed by atoms with Crippen LogP contribution in [0.25, 0.3) is 0 Å². The highest BCUT2D eigenvalue weighted by atomic mass is 35.5. The Balaban J connectivity index is 2.08. The van der Waals surface area contributed by atoms with Crippen molar-refractivity contribution in [2.75, 3.05) is 13.2 Å². The van der Waals surface area contributed by atoms with Gasteiger partial charge < -0.3 is 9.47 Å². The minimum absolute atomic E-state index is 0.126. The maximum atomic E-state index is 12.9. The van der Waals surface area contributed by atoms with Gasteiger partial charge in [0.2, 0.25) is 5.78 Å². The normalized spacial score (nSPS) is 10.2. The molecular formula is C16H14ClFO3. The fourth-order valence-corrected chi connectivity index (χ4v) is 2.01. The zero-order chi connectivity index (χ0) is 15.2. The molecule has 0 amide bonds. The molecule has 2 rings (SSSR count). The van der Waals surface area contributed by atoms with E-state index in [-0.39, 0.29) is 23.2 Å². The summed E-state index contributed by atoms with van der Waals surface area (Å²) >= 11 is 5.84. The number of carbonyl (C=O) groups is 1. The number of rotatable bonds is 6. The zero-order valence-corrected chi connectivity index (χ0v) is 12.2. The summed E-state index contributed by atoms with van der Waals surface area (Å²) in [7, 11) is 0. The highest BCUT2D eigenvalue weighted by molar-refractivity contribution is 6.32. The summed E-state index contributed by atoms with van der Waals surface area (Å²) in [4.78, 5) is 12.2. The van der Waals surface area contributed by atoms with Crippen LogP contribution in [0.1, 0.15) is 17.3 Å². The Bertz CT molecular complexity index is 643. The lowest BCUT2D eigenvalue weighted by atomic mass is 10.1. The molecule has 0 unspecified atom stereocenters. The second-order valence-electron chi connectivity index (χ2n) is 4.22. The number of benzene rings is 2. The Hall–Kier alpha value is -2.07. The van der Waals surface area contributed by atoms with E-state index < -0.39 is 5.82 Å². The molecule has 0 aliphatic rings. The van der Waals surface area contributed by atoms with Crippen molar-refractivity contribution in [2.45, 2.75) is 6.92 Å². The monoisotopic (exact) mass is 308 g/mol. The van der Waals surface area contributed by atoms with Crippen LogP contribution in [0.3, 0.4) is 0 Å². The van der Waals surface area contributed by atoms with Crippen LogP contribution in [0.15, 0.2) is 42.5 Å². The summed E-state index contributed by atoms with van der Waals surface area (Å²) in [5, 5.41) is 0.126. The number of hydrogen-bond acceptors (Lipinski definition) is 3. The number of halogens is 2. The van der Waals surface area contributed by atoms with Crippen LogP contribution in [-0.2, 0) is 0 Å². The van der Waals surface area contributed by atoms with Gasteiger partial charge in [-0.1, -0.05) is 23.7 Å². The quantitative estimate of drug-likeness (QED) is 0.752. The smallest absolute Gasteiger partial charge is 0.203 e. The van der Waals surface area contributed by atoms with E-state index >= 15 is 0 Å². The van der Waals surface area contributed by atoms with Gasteiger partial charge in [0.25, 0.3) is 0 Å². The molecule has 2 aromatic rings. The van der Waals surface area contributed by atoms with Crippen LogP contribution >= 0.6 is 11.6 Å². The Morgan fingerprint density at radius 3 is 2.62 bits per heavy atom. The Labute approximate surface area is 127 Å². The third-order valence-electron chi connectivity index (χ3n) is 2.74. The zero-order valence-electron chi connectivity index (χ0n) is 11.4. The van der Waals surface area contributed by atoms with Crippen LogP contribution in [-0.4, -0.2) is 19.0 Å². The average Bonchev–Trinajstić information content (AvgIpc) is 2.47. The minimum Gasteiger partial charge on any atom is -0.493 e. The Morgan fingerprint density at radius 2 is 1.90 bits per heavy atom. The molecule has 21 heavy (non-hydrogen) atoms. The molecule has 0 saturated heterocycles. The molecule has 2 aromatic carbocycles. The minimum atomic E-state index is -0.458. The van der Waals surface area contributed by atoms with Gasteiger partial charge in [-0.2, -0.15) is 0 Å². The van der Waals surface area contributed by atoms with Crippen LogP contribution in [0.5, 0.6) is 11.5 Å². The van der Waals surface area contributed by atoms with Gasteiger partial charge in [-0.15, -0.1) is 0 Å². The summed E-state index contributed by atoms with van der Waals surface area (Å²) in [6, 6.07) is 10.7. The van der Waals surface area contributed by atoms with Crippen molar-refractivity contribution >= 4 is 17.4 Å². The van der Waals surface area contributed by atoms with Gasteiger partial charge in [0.05, 0.1) is 17.2 Å². The lowest BCUT2D eigenvalue weighted by Gasteiger charge is -2.10. The fourth-order valence-electron chi connectivity index (χ4n) is 1.79. The van der Waals surface area contributed by atoms with E-state index in [2.05, 4.69) is 0 Å². The number of ether oxygens (including phenoxy) is 2. The predicted molar refractivity (Wildman–Crippen MR) is 78.8 cm³/mol. The largest absolute Gasteiger partial charge is 0.493 e. The SMILES string of the molecule is CCOc1ccccc1C(=O)COc1ccc(F)cc1Cl. The van der Waals surface area contributed by atoms with E-state index in [0.717, 1.165) is 6.07 Å². The van der Waals surface area contributed by atoms with Gasteiger partial charge in [-0.3, -0.25) is 4.79 Å². The van der Waals surface area contributed by atoms with Crippen LogP contribution in [0, 0.1) is 5.82 Å². The maximum absolute atomic E-state index is 12.9. The van der Waals surface area contributed by atoms with E-state index in [0.29, 0.717) is 17.9 Å². The fraction of sp³-hybridized carbons (Fsp3) is 0.188. The van der Waals surface area contributed by atoms with Crippen LogP contribution < -0.4 is 9.47 Å². The van der Waals surface area contributed by atoms with Crippen LogP contribution in [0.2, 0.25) is 5.02 Å². The second-order valence-corrected chi connectivity index (χ2v) is 4.62. The third kappa shape index (κ3) is 3.95. The van der Waals surface area contributed by atoms with Gasteiger partial charge in [0.1, 0.15) is 17.3 Å². The second kappa shape index (κ2) is 7.09. The summed E-state index contributed by atoms with van der Waals surface area (Å²) in [5.41, 5.74) is 0.442. The van der Waals surface area contributed by atoms with Gasteiger partial charge in [0, 0.05) is 0 Å². The first-order valence-electron chi connectivity index (χ1n) is 6.44. The average molecular weight is 309 g/mol. The van der Waals surface area contributed by atoms with Crippen molar-refractivity contribution < 1.29 is 18.7 Å². The lowest BCUT2D eigenvalue weighted by molar-refractivity contribution is 0.0918. The van der Waals surface area contributed by atoms with Gasteiger partial charge in [-0.05, 0) is 37.3 Å². The molecule has 0 saturated carbocycles. The van der Waals surface area contributed by atoms with E-state index in [9.17, 15) is 9.18 Å². The number of para-hydroxylation sites is 1. The van der Waals surface area contributed by atoms with Gasteiger partial charge in [-0.25, -0.2) is 4.39 Å². The molecule has 0 fully saturated rings. The molecule has 0 bridgehead atoms. The number of hydrogen-bond donors (Lipinski definition) is 0. The summed E-state index contributed by atoms with van der Waals surface area (Å²) in [6.45, 7) is 2.11. The summed E-state index contributed by atoms with van der Waals surface area (Å²) in [5.74, 6) is 0.0823. The number of carbonyl (C=O) groups excluding carboxylic acids is 1. The molecule has 0 heterocycles. The topological polar surface area (TPSA) is 35.5 Å². The first-order chi connectivity index (χ1) is 10.1. The first-order valence-corrected chi connectivity index (χ1v) is 6.82. The molecule has 3 nitrogen and oxygen atoms in total. The standard InChI is InChI=1S/C16H14ClFO3/c1-2-20-15-6-4-3-5-12(15)14(19)10-21-16-8-7-11(18)9-13(16)17/h3-9H,2,10H2,1H3. The molecule has 0 aliphatic carbocycles.